The van der Waals surface area contributed by atoms with E-state index in [2.05, 4.69) is 10.5 Å². The van der Waals surface area contributed by atoms with Gasteiger partial charge in [0.05, 0.1) is 0 Å². The first-order valence-electron chi connectivity index (χ1n) is 5.59. The van der Waals surface area contributed by atoms with Gasteiger partial charge >= 0.3 is 0 Å². The molecule has 4 nitrogen and oxygen atoms in total. The number of nitrogens with one attached hydrogen (secondary N) is 1. The third kappa shape index (κ3) is 4.37. The number of rotatable bonds is 4. The van der Waals surface area contributed by atoms with Crippen molar-refractivity contribution >= 4 is 23.2 Å². The van der Waals surface area contributed by atoms with Crippen molar-refractivity contribution in [2.24, 2.45) is 5.10 Å². The average molecular weight is 269 g/mol. The number of carbonyl (C=O) groups excluding carboxylic acids is 1. The van der Waals surface area contributed by atoms with Crippen LogP contribution in [0.3, 0.4) is 0 Å². The van der Waals surface area contributed by atoms with E-state index in [9.17, 15) is 4.79 Å². The molecule has 1 aromatic rings. The molecule has 0 atom stereocenters. The monoisotopic (exact) mass is 268 g/mol. The zero-order chi connectivity index (χ0) is 13.7. The molecule has 0 fully saturated rings. The van der Waals surface area contributed by atoms with Crippen LogP contribution >= 0.6 is 11.6 Å². The summed E-state index contributed by atoms with van der Waals surface area (Å²) in [5, 5.41) is 4.52. The summed E-state index contributed by atoms with van der Waals surface area (Å²) in [7, 11) is 0. The number of hydrogen-bond acceptors (Lipinski definition) is 3. The molecule has 0 saturated heterocycles. The molecule has 0 spiro atoms. The fraction of sp³-hybridized carbons (Fsp3) is 0.385. The molecule has 18 heavy (non-hydrogen) atoms. The molecule has 0 saturated carbocycles. The number of halogens is 1. The maximum Gasteiger partial charge on any atom is 0.277 e. The molecule has 1 aromatic carbocycles. The minimum Gasteiger partial charge on any atom is -0.484 e. The molecule has 0 aliphatic carbocycles. The van der Waals surface area contributed by atoms with Gasteiger partial charge in [0.15, 0.2) is 6.61 Å². The molecule has 0 unspecified atom stereocenters. The lowest BCUT2D eigenvalue weighted by Gasteiger charge is -2.09. The minimum atomic E-state index is -0.290. The molecule has 0 aliphatic rings. The molecular formula is C13H17ClN2O2. The zero-order valence-corrected chi connectivity index (χ0v) is 11.8. The number of hydrazone groups is 1. The fourth-order valence-corrected chi connectivity index (χ4v) is 1.45. The molecule has 0 bridgehead atoms. The Hall–Kier alpha value is -1.55. The van der Waals surface area contributed by atoms with E-state index in [1.807, 2.05) is 13.8 Å². The second-order valence-electron chi connectivity index (χ2n) is 4.25. The van der Waals surface area contributed by atoms with Gasteiger partial charge in [-0.1, -0.05) is 11.6 Å². The van der Waals surface area contributed by atoms with Gasteiger partial charge in [0, 0.05) is 10.7 Å². The second kappa shape index (κ2) is 6.40. The molecule has 1 N–H and O–H groups in total. The van der Waals surface area contributed by atoms with Crippen molar-refractivity contribution in [3.05, 3.63) is 28.3 Å². The van der Waals surface area contributed by atoms with Crippen molar-refractivity contribution in [1.82, 2.24) is 5.43 Å². The first-order chi connectivity index (χ1) is 8.40. The normalized spacial score (nSPS) is 9.83. The molecule has 5 heteroatoms. The number of carbonyl (C=O) groups is 1. The van der Waals surface area contributed by atoms with Crippen molar-refractivity contribution in [1.29, 1.82) is 0 Å². The highest BCUT2D eigenvalue weighted by Gasteiger charge is 2.06. The lowest BCUT2D eigenvalue weighted by atomic mass is 10.1. The summed E-state index contributed by atoms with van der Waals surface area (Å²) in [5.74, 6) is 0.336. The van der Waals surface area contributed by atoms with Crippen LogP contribution in [0.5, 0.6) is 5.75 Å². The van der Waals surface area contributed by atoms with E-state index in [4.69, 9.17) is 16.3 Å². The fourth-order valence-electron chi connectivity index (χ4n) is 1.34. The lowest BCUT2D eigenvalue weighted by molar-refractivity contribution is -0.123. The summed E-state index contributed by atoms with van der Waals surface area (Å²) in [4.78, 5) is 11.4. The van der Waals surface area contributed by atoms with Crippen LogP contribution in [0.4, 0.5) is 0 Å². The number of aryl methyl sites for hydroxylation is 2. The third-order valence-electron chi connectivity index (χ3n) is 2.18. The summed E-state index contributed by atoms with van der Waals surface area (Å²) in [6.45, 7) is 7.32. The highest BCUT2D eigenvalue weighted by molar-refractivity contribution is 6.32. The van der Waals surface area contributed by atoms with Crippen LogP contribution in [0.15, 0.2) is 17.2 Å². The van der Waals surface area contributed by atoms with Crippen LogP contribution in [-0.4, -0.2) is 18.2 Å². The molecular weight excluding hydrogens is 252 g/mol. The number of amides is 1. The Morgan fingerprint density at radius 2 is 1.89 bits per heavy atom. The molecule has 0 aliphatic heterocycles. The molecule has 0 aromatic heterocycles. The second-order valence-corrected chi connectivity index (χ2v) is 4.63. The number of nitrogens with zero attached hydrogens (tertiary/aromatic N) is 1. The van der Waals surface area contributed by atoms with Crippen molar-refractivity contribution in [3.8, 4) is 5.75 Å². The van der Waals surface area contributed by atoms with Gasteiger partial charge < -0.3 is 4.74 Å². The third-order valence-corrected chi connectivity index (χ3v) is 2.78. The van der Waals surface area contributed by atoms with Gasteiger partial charge in [0.25, 0.3) is 5.91 Å². The van der Waals surface area contributed by atoms with E-state index in [1.54, 1.807) is 26.0 Å². The summed E-state index contributed by atoms with van der Waals surface area (Å²) >= 11 is 6.04. The molecule has 98 valence electrons. The van der Waals surface area contributed by atoms with Crippen LogP contribution < -0.4 is 10.2 Å². The van der Waals surface area contributed by atoms with Gasteiger partial charge in [0.1, 0.15) is 5.75 Å². The minimum absolute atomic E-state index is 0.0721. The smallest absolute Gasteiger partial charge is 0.277 e. The first-order valence-corrected chi connectivity index (χ1v) is 5.97. The van der Waals surface area contributed by atoms with Crippen molar-refractivity contribution < 1.29 is 9.53 Å². The highest BCUT2D eigenvalue weighted by atomic mass is 35.5. The molecule has 0 radical (unpaired) electrons. The van der Waals surface area contributed by atoms with Crippen molar-refractivity contribution in [3.63, 3.8) is 0 Å². The largest absolute Gasteiger partial charge is 0.484 e. The highest BCUT2D eigenvalue weighted by Crippen LogP contribution is 2.25. The van der Waals surface area contributed by atoms with E-state index in [0.717, 1.165) is 21.9 Å². The SMILES string of the molecule is CC(C)=NNC(=O)COc1cc(C)c(Cl)c(C)c1. The van der Waals surface area contributed by atoms with Gasteiger partial charge in [-0.3, -0.25) is 4.79 Å². The zero-order valence-electron chi connectivity index (χ0n) is 11.0. The van der Waals surface area contributed by atoms with Gasteiger partial charge in [-0.05, 0) is 51.0 Å². The van der Waals surface area contributed by atoms with E-state index in [-0.39, 0.29) is 12.5 Å². The maximum absolute atomic E-state index is 11.4. The van der Waals surface area contributed by atoms with Gasteiger partial charge in [-0.25, -0.2) is 5.43 Å². The summed E-state index contributed by atoms with van der Waals surface area (Å²) in [6.07, 6.45) is 0. The van der Waals surface area contributed by atoms with E-state index in [1.165, 1.54) is 0 Å². The van der Waals surface area contributed by atoms with Crippen LogP contribution in [0.25, 0.3) is 0 Å². The first kappa shape index (κ1) is 14.5. The van der Waals surface area contributed by atoms with Gasteiger partial charge in [-0.15, -0.1) is 0 Å². The van der Waals surface area contributed by atoms with Gasteiger partial charge in [-0.2, -0.15) is 5.10 Å². The Morgan fingerprint density at radius 3 is 2.39 bits per heavy atom. The predicted molar refractivity (Wildman–Crippen MR) is 73.3 cm³/mol. The number of hydrogen-bond donors (Lipinski definition) is 1. The predicted octanol–water partition coefficient (Wildman–Crippen LogP) is 2.85. The van der Waals surface area contributed by atoms with E-state index >= 15 is 0 Å². The number of ether oxygens (including phenoxy) is 1. The van der Waals surface area contributed by atoms with E-state index < -0.39 is 0 Å². The summed E-state index contributed by atoms with van der Waals surface area (Å²) in [6, 6.07) is 3.61. The lowest BCUT2D eigenvalue weighted by Crippen LogP contribution is -2.25. The van der Waals surface area contributed by atoms with Crippen LogP contribution in [0, 0.1) is 13.8 Å². The van der Waals surface area contributed by atoms with Crippen LogP contribution in [0.2, 0.25) is 5.02 Å². The van der Waals surface area contributed by atoms with Gasteiger partial charge in [0.2, 0.25) is 0 Å². The molecule has 1 rings (SSSR count). The summed E-state index contributed by atoms with van der Waals surface area (Å²) in [5.41, 5.74) is 5.02. The Balaban J connectivity index is 2.59. The van der Waals surface area contributed by atoms with Crippen LogP contribution in [-0.2, 0) is 4.79 Å². The quantitative estimate of drug-likeness (QED) is 0.674. The standard InChI is InChI=1S/C13H17ClN2O2/c1-8(2)15-16-12(17)7-18-11-5-9(3)13(14)10(4)6-11/h5-6H,7H2,1-4H3,(H,16,17). The Labute approximate surface area is 112 Å². The Bertz CT molecular complexity index is 457. The number of benzene rings is 1. The van der Waals surface area contributed by atoms with E-state index in [0.29, 0.717) is 5.75 Å². The Kier molecular flexibility index (Phi) is 5.16. The Morgan fingerprint density at radius 1 is 1.33 bits per heavy atom. The van der Waals surface area contributed by atoms with Crippen LogP contribution in [0.1, 0.15) is 25.0 Å². The summed E-state index contributed by atoms with van der Waals surface area (Å²) < 4.78 is 5.38. The van der Waals surface area contributed by atoms with Crippen molar-refractivity contribution in [2.45, 2.75) is 27.7 Å². The molecule has 1 amide bonds. The molecule has 0 heterocycles. The topological polar surface area (TPSA) is 50.7 Å². The van der Waals surface area contributed by atoms with Crippen molar-refractivity contribution in [2.75, 3.05) is 6.61 Å². The average Bonchev–Trinajstić information content (AvgIpc) is 2.30. The maximum atomic E-state index is 11.4.